The van der Waals surface area contributed by atoms with Crippen molar-refractivity contribution in [1.29, 1.82) is 0 Å². The van der Waals surface area contributed by atoms with Crippen molar-refractivity contribution in [3.8, 4) is 11.5 Å². The number of likely N-dealkylation sites (tertiary alicyclic amines) is 1. The van der Waals surface area contributed by atoms with Crippen molar-refractivity contribution < 1.29 is 34.4 Å². The predicted molar refractivity (Wildman–Crippen MR) is 113 cm³/mol. The van der Waals surface area contributed by atoms with Crippen molar-refractivity contribution in [2.24, 2.45) is 0 Å². The maximum Gasteiger partial charge on any atom is 0.320 e. The number of methoxy groups -OCH3 is 1. The summed E-state index contributed by atoms with van der Waals surface area (Å²) in [5.41, 5.74) is 1.14. The van der Waals surface area contributed by atoms with Crippen LogP contribution in [-0.2, 0) is 26.2 Å². The molecular weight excluding hydrogens is 416 g/mol. The van der Waals surface area contributed by atoms with Crippen LogP contribution in [0.1, 0.15) is 43.2 Å². The minimum Gasteiger partial charge on any atom is -0.504 e. The number of nitrogens with zero attached hydrogens (tertiary/aromatic N) is 1. The van der Waals surface area contributed by atoms with Gasteiger partial charge in [-0.05, 0) is 57.3 Å². The third-order valence-corrected chi connectivity index (χ3v) is 8.41. The molecule has 2 aliphatic heterocycles. The average molecular weight is 447 g/mol. The second-order valence-electron chi connectivity index (χ2n) is 9.64. The lowest BCUT2D eigenvalue weighted by molar-refractivity contribution is -0.204. The van der Waals surface area contributed by atoms with Gasteiger partial charge < -0.3 is 29.7 Å². The average Bonchev–Trinajstić information content (AvgIpc) is 3.11. The molecule has 1 aromatic carbocycles. The highest BCUT2D eigenvalue weighted by Crippen LogP contribution is 2.66. The molecule has 0 amide bonds. The Kier molecular flexibility index (Phi) is 4.92. The lowest BCUT2D eigenvalue weighted by Gasteiger charge is -2.65. The molecule has 4 aliphatic rings. The Morgan fingerprint density at radius 3 is 2.81 bits per heavy atom. The van der Waals surface area contributed by atoms with E-state index in [1.54, 1.807) is 13.2 Å². The number of phenolic OH excluding ortho intramolecular Hbond substituents is 1. The van der Waals surface area contributed by atoms with Gasteiger partial charge in [0.2, 0.25) is 0 Å². The van der Waals surface area contributed by atoms with Gasteiger partial charge in [0.15, 0.2) is 11.5 Å². The number of carboxylic acids is 2. The van der Waals surface area contributed by atoms with Crippen molar-refractivity contribution in [2.75, 3.05) is 20.7 Å². The fourth-order valence-corrected chi connectivity index (χ4v) is 7.11. The quantitative estimate of drug-likeness (QED) is 0.487. The molecule has 2 heterocycles. The highest BCUT2D eigenvalue weighted by molar-refractivity contribution is 5.75. The van der Waals surface area contributed by atoms with Gasteiger partial charge in [-0.15, -0.1) is 0 Å². The summed E-state index contributed by atoms with van der Waals surface area (Å²) in [5.74, 6) is -1.52. The van der Waals surface area contributed by atoms with Gasteiger partial charge in [-0.25, -0.2) is 0 Å². The summed E-state index contributed by atoms with van der Waals surface area (Å²) >= 11 is 0. The van der Waals surface area contributed by atoms with Crippen LogP contribution in [-0.4, -0.2) is 82.7 Å². The molecule has 1 spiro atoms. The molecule has 2 aliphatic carbocycles. The van der Waals surface area contributed by atoms with Crippen molar-refractivity contribution in [3.05, 3.63) is 23.3 Å². The molecule has 2 fully saturated rings. The molecule has 1 saturated heterocycles. The lowest BCUT2D eigenvalue weighted by atomic mass is 9.48. The maximum atomic E-state index is 11.9. The number of carbonyl (C=O) groups is 2. The van der Waals surface area contributed by atoms with Gasteiger partial charge in [0.05, 0.1) is 11.0 Å². The Balaban J connectivity index is 1.59. The molecular formula is C23H30N2O7. The first-order valence-electron chi connectivity index (χ1n) is 11.2. The van der Waals surface area contributed by atoms with Crippen LogP contribution in [0.3, 0.4) is 0 Å². The summed E-state index contributed by atoms with van der Waals surface area (Å²) in [6.45, 7) is 0.846. The molecule has 0 aromatic heterocycles. The minimum absolute atomic E-state index is 0.00881. The van der Waals surface area contributed by atoms with Crippen molar-refractivity contribution in [2.45, 2.75) is 73.8 Å². The molecule has 174 valence electrons. The largest absolute Gasteiger partial charge is 0.504 e. The third kappa shape index (κ3) is 2.67. The number of benzene rings is 1. The number of rotatable bonds is 7. The van der Waals surface area contributed by atoms with Crippen molar-refractivity contribution in [3.63, 3.8) is 0 Å². The Hall–Kier alpha value is -2.36. The number of carboxylic acid groups (broad SMARTS) is 2. The summed E-state index contributed by atoms with van der Waals surface area (Å²) in [4.78, 5) is 25.3. The van der Waals surface area contributed by atoms with Crippen LogP contribution in [0.4, 0.5) is 0 Å². The molecule has 9 nitrogen and oxygen atoms in total. The van der Waals surface area contributed by atoms with Crippen LogP contribution in [0.5, 0.6) is 11.5 Å². The highest BCUT2D eigenvalue weighted by atomic mass is 16.5. The van der Waals surface area contributed by atoms with Gasteiger partial charge >= 0.3 is 11.9 Å². The molecule has 0 radical (unpaired) electrons. The third-order valence-electron chi connectivity index (χ3n) is 8.41. The van der Waals surface area contributed by atoms with Crippen LogP contribution in [0, 0.1) is 0 Å². The second-order valence-corrected chi connectivity index (χ2v) is 9.64. The van der Waals surface area contributed by atoms with Crippen molar-refractivity contribution >= 4 is 11.9 Å². The molecule has 6 atom stereocenters. The molecule has 32 heavy (non-hydrogen) atoms. The van der Waals surface area contributed by atoms with Gasteiger partial charge in [0.1, 0.15) is 12.1 Å². The topological polar surface area (TPSA) is 129 Å². The summed E-state index contributed by atoms with van der Waals surface area (Å²) in [5, 5.41) is 32.6. The molecule has 1 aromatic rings. The number of hydrogen-bond donors (Lipinski definition) is 4. The van der Waals surface area contributed by atoms with Gasteiger partial charge in [0.25, 0.3) is 0 Å². The Morgan fingerprint density at radius 2 is 2.12 bits per heavy atom. The smallest absolute Gasteiger partial charge is 0.320 e. The number of likely N-dealkylation sites (N-methyl/N-ethyl adjacent to an activating group) is 1. The van der Waals surface area contributed by atoms with Crippen molar-refractivity contribution in [1.82, 2.24) is 10.2 Å². The summed E-state index contributed by atoms with van der Waals surface area (Å²) in [7, 11) is 3.86. The minimum atomic E-state index is -1.07. The Labute approximate surface area is 186 Å². The fourth-order valence-electron chi connectivity index (χ4n) is 7.11. The molecule has 2 unspecified atom stereocenters. The van der Waals surface area contributed by atoms with Crippen LogP contribution in [0.25, 0.3) is 0 Å². The van der Waals surface area contributed by atoms with Gasteiger partial charge in [-0.2, -0.15) is 0 Å². The standard InChI is InChI=1S/C23H30N2O7/c1-25-10-9-22-18-12-3-5-15(26)19(18)32-20(22)13(7-8-23(22,31-2)16(25)11-12)24-14(21(29)30)4-6-17(27)28/h3,5,13-14,16,20,24,26H,4,6-11H2,1-2H3,(H,27,28)(H,29,30)/t13-,14-,16?,20-,22?,23+/m0/s1. The number of hydrogen-bond acceptors (Lipinski definition) is 7. The first kappa shape index (κ1) is 21.5. The zero-order valence-corrected chi connectivity index (χ0v) is 18.3. The van der Waals surface area contributed by atoms with E-state index >= 15 is 0 Å². The summed E-state index contributed by atoms with van der Waals surface area (Å²) in [6.07, 6.45) is 2.27. The lowest BCUT2D eigenvalue weighted by Crippen LogP contribution is -2.78. The van der Waals surface area contributed by atoms with E-state index in [4.69, 9.17) is 14.6 Å². The second kappa shape index (κ2) is 7.33. The molecule has 4 N–H and O–H groups in total. The summed E-state index contributed by atoms with van der Waals surface area (Å²) < 4.78 is 12.8. The van der Waals surface area contributed by atoms with E-state index in [9.17, 15) is 19.8 Å². The Bertz CT molecular complexity index is 968. The molecule has 1 saturated carbocycles. The van der Waals surface area contributed by atoms with E-state index in [0.717, 1.165) is 36.9 Å². The summed E-state index contributed by atoms with van der Waals surface area (Å²) in [6, 6.07) is 2.49. The Morgan fingerprint density at radius 1 is 1.34 bits per heavy atom. The van der Waals surface area contributed by atoms with E-state index in [2.05, 4.69) is 17.3 Å². The molecule has 9 heteroatoms. The number of piperidine rings is 1. The van der Waals surface area contributed by atoms with Gasteiger partial charge in [-0.1, -0.05) is 6.07 Å². The zero-order valence-electron chi connectivity index (χ0n) is 18.3. The molecule has 2 bridgehead atoms. The van der Waals surface area contributed by atoms with Gasteiger partial charge in [0, 0.05) is 31.2 Å². The van der Waals surface area contributed by atoms with Gasteiger partial charge in [-0.3, -0.25) is 14.9 Å². The highest BCUT2D eigenvalue weighted by Gasteiger charge is 2.73. The number of ether oxygens (including phenoxy) is 2. The van der Waals surface area contributed by atoms with E-state index in [0.29, 0.717) is 12.2 Å². The van der Waals surface area contributed by atoms with Crippen LogP contribution >= 0.6 is 0 Å². The number of phenols is 1. The monoisotopic (exact) mass is 446 g/mol. The van der Waals surface area contributed by atoms with Crippen LogP contribution in [0.2, 0.25) is 0 Å². The van der Waals surface area contributed by atoms with Crippen LogP contribution < -0.4 is 10.1 Å². The van der Waals surface area contributed by atoms with E-state index < -0.39 is 35.1 Å². The van der Waals surface area contributed by atoms with E-state index in [1.165, 1.54) is 0 Å². The first-order chi connectivity index (χ1) is 15.2. The van der Waals surface area contributed by atoms with E-state index in [-0.39, 0.29) is 30.7 Å². The predicted octanol–water partition coefficient (Wildman–Crippen LogP) is 1.11. The zero-order chi connectivity index (χ0) is 22.8. The molecule has 5 rings (SSSR count). The first-order valence-corrected chi connectivity index (χ1v) is 11.2. The maximum absolute atomic E-state index is 11.9. The fraction of sp³-hybridized carbons (Fsp3) is 0.652. The number of aromatic hydroxyl groups is 1. The van der Waals surface area contributed by atoms with E-state index in [1.807, 2.05) is 6.07 Å². The normalized spacial score (nSPS) is 35.6. The number of nitrogens with one attached hydrogen (secondary N) is 1. The number of aliphatic carboxylic acids is 2. The SMILES string of the molecule is CO[C@@]12CC[C@H](N[C@@H](CCC(=O)O)C(=O)O)[C@@H]3Oc4c(O)ccc5c4C31CCN(C)C2C5. The van der Waals surface area contributed by atoms with Crippen LogP contribution in [0.15, 0.2) is 12.1 Å².